The van der Waals surface area contributed by atoms with Gasteiger partial charge in [-0.3, -0.25) is 0 Å². The third-order valence-corrected chi connectivity index (χ3v) is 2.62. The van der Waals surface area contributed by atoms with Crippen LogP contribution in [0.4, 0.5) is 0 Å². The van der Waals surface area contributed by atoms with E-state index in [0.29, 0.717) is 13.1 Å². The molecule has 1 aromatic carbocycles. The highest BCUT2D eigenvalue weighted by molar-refractivity contribution is 5.76. The summed E-state index contributed by atoms with van der Waals surface area (Å²) >= 11 is 0. The molecule has 0 saturated carbocycles. The number of phenols is 1. The third kappa shape index (κ3) is 1.91. The molecule has 0 unspecified atom stereocenters. The van der Waals surface area contributed by atoms with E-state index in [2.05, 4.69) is 20.3 Å². The molecule has 3 aromatic rings. The highest BCUT2D eigenvalue weighted by Gasteiger charge is 2.05. The Morgan fingerprint density at radius 1 is 1.39 bits per heavy atom. The van der Waals surface area contributed by atoms with Crippen LogP contribution in [0.15, 0.2) is 24.4 Å². The minimum Gasteiger partial charge on any atom is -0.508 e. The third-order valence-electron chi connectivity index (χ3n) is 2.62. The predicted molar refractivity (Wildman–Crippen MR) is 64.8 cm³/mol. The van der Waals surface area contributed by atoms with Gasteiger partial charge in [-0.15, -0.1) is 5.10 Å². The van der Waals surface area contributed by atoms with E-state index in [0.717, 1.165) is 22.6 Å². The second-order valence-electron chi connectivity index (χ2n) is 4.00. The van der Waals surface area contributed by atoms with E-state index in [-0.39, 0.29) is 5.75 Å². The number of hydrogen-bond donors (Lipinski definition) is 3. The average molecular weight is 244 g/mol. The molecule has 92 valence electrons. The fourth-order valence-corrected chi connectivity index (χ4v) is 1.79. The standard InChI is InChI=1S/C11H12N6O/c12-4-7-5-17(16-15-7)6-11-13-9-2-1-8(18)3-10(9)14-11/h1-3,5,18H,4,6,12H2,(H,13,14). The molecule has 18 heavy (non-hydrogen) atoms. The SMILES string of the molecule is NCc1cn(Cc2nc3ccc(O)cc3[nH]2)nn1. The summed E-state index contributed by atoms with van der Waals surface area (Å²) in [5.41, 5.74) is 7.81. The van der Waals surface area contributed by atoms with Crippen molar-refractivity contribution in [1.29, 1.82) is 0 Å². The van der Waals surface area contributed by atoms with E-state index in [1.54, 1.807) is 29.1 Å². The molecular weight excluding hydrogens is 232 g/mol. The summed E-state index contributed by atoms with van der Waals surface area (Å²) < 4.78 is 1.67. The van der Waals surface area contributed by atoms with Crippen molar-refractivity contribution < 1.29 is 5.11 Å². The van der Waals surface area contributed by atoms with Crippen molar-refractivity contribution in [3.63, 3.8) is 0 Å². The molecule has 3 rings (SSSR count). The topological polar surface area (TPSA) is 106 Å². The summed E-state index contributed by atoms with van der Waals surface area (Å²) in [5, 5.41) is 17.2. The number of phenolic OH excluding ortho intramolecular Hbond substituents is 1. The summed E-state index contributed by atoms with van der Waals surface area (Å²) in [6.07, 6.45) is 1.78. The van der Waals surface area contributed by atoms with Crippen LogP contribution in [0.3, 0.4) is 0 Å². The molecule has 4 N–H and O–H groups in total. The average Bonchev–Trinajstić information content (AvgIpc) is 2.95. The Morgan fingerprint density at radius 2 is 2.28 bits per heavy atom. The first kappa shape index (κ1) is 10.7. The van der Waals surface area contributed by atoms with Gasteiger partial charge in [-0.05, 0) is 12.1 Å². The van der Waals surface area contributed by atoms with E-state index in [1.807, 2.05) is 0 Å². The lowest BCUT2D eigenvalue weighted by atomic mass is 10.3. The smallest absolute Gasteiger partial charge is 0.129 e. The first-order valence-corrected chi connectivity index (χ1v) is 5.51. The number of fused-ring (bicyclic) bond motifs is 1. The number of nitrogens with one attached hydrogen (secondary N) is 1. The van der Waals surface area contributed by atoms with Gasteiger partial charge in [-0.25, -0.2) is 9.67 Å². The van der Waals surface area contributed by atoms with E-state index in [4.69, 9.17) is 5.73 Å². The van der Waals surface area contributed by atoms with Crippen molar-refractivity contribution in [3.05, 3.63) is 35.9 Å². The zero-order chi connectivity index (χ0) is 12.5. The van der Waals surface area contributed by atoms with Crippen LogP contribution in [0.1, 0.15) is 11.5 Å². The largest absolute Gasteiger partial charge is 0.508 e. The minimum atomic E-state index is 0.212. The van der Waals surface area contributed by atoms with Gasteiger partial charge in [0.15, 0.2) is 0 Å². The predicted octanol–water partition coefficient (Wildman–Crippen LogP) is 0.367. The Bertz CT molecular complexity index is 686. The Hall–Kier alpha value is -2.41. The number of nitrogens with two attached hydrogens (primary N) is 1. The van der Waals surface area contributed by atoms with Crippen LogP contribution in [-0.2, 0) is 13.1 Å². The molecule has 0 fully saturated rings. The first-order valence-electron chi connectivity index (χ1n) is 5.51. The molecule has 0 spiro atoms. The van der Waals surface area contributed by atoms with Crippen molar-refractivity contribution in [2.45, 2.75) is 13.1 Å². The van der Waals surface area contributed by atoms with Crippen LogP contribution < -0.4 is 5.73 Å². The van der Waals surface area contributed by atoms with Crippen LogP contribution in [-0.4, -0.2) is 30.1 Å². The summed E-state index contributed by atoms with van der Waals surface area (Å²) in [7, 11) is 0. The normalized spacial score (nSPS) is 11.2. The van der Waals surface area contributed by atoms with Crippen molar-refractivity contribution >= 4 is 11.0 Å². The molecule has 7 heteroatoms. The maximum absolute atomic E-state index is 9.38. The van der Waals surface area contributed by atoms with Crippen molar-refractivity contribution in [1.82, 2.24) is 25.0 Å². The second kappa shape index (κ2) is 4.11. The van der Waals surface area contributed by atoms with Crippen LogP contribution in [0.25, 0.3) is 11.0 Å². The lowest BCUT2D eigenvalue weighted by Crippen LogP contribution is -2.02. The molecular formula is C11H12N6O. The van der Waals surface area contributed by atoms with E-state index >= 15 is 0 Å². The number of aromatic nitrogens is 5. The number of imidazole rings is 1. The molecule has 0 radical (unpaired) electrons. The van der Waals surface area contributed by atoms with Crippen molar-refractivity contribution in [2.75, 3.05) is 0 Å². The Morgan fingerprint density at radius 3 is 3.06 bits per heavy atom. The quantitative estimate of drug-likeness (QED) is 0.617. The molecule has 0 saturated heterocycles. The number of benzene rings is 1. The molecule has 0 aliphatic heterocycles. The molecule has 2 aromatic heterocycles. The molecule has 0 amide bonds. The minimum absolute atomic E-state index is 0.212. The number of hydrogen-bond acceptors (Lipinski definition) is 5. The van der Waals surface area contributed by atoms with E-state index in [1.165, 1.54) is 0 Å². The van der Waals surface area contributed by atoms with Gasteiger partial charge in [0.2, 0.25) is 0 Å². The number of nitrogens with zero attached hydrogens (tertiary/aromatic N) is 4. The maximum Gasteiger partial charge on any atom is 0.129 e. The van der Waals surface area contributed by atoms with Crippen molar-refractivity contribution in [2.24, 2.45) is 5.73 Å². The number of rotatable bonds is 3. The highest BCUT2D eigenvalue weighted by atomic mass is 16.3. The zero-order valence-corrected chi connectivity index (χ0v) is 9.54. The molecule has 0 aliphatic carbocycles. The molecule has 7 nitrogen and oxygen atoms in total. The Labute approximate surface area is 102 Å². The monoisotopic (exact) mass is 244 g/mol. The fourth-order valence-electron chi connectivity index (χ4n) is 1.79. The van der Waals surface area contributed by atoms with Crippen LogP contribution in [0.2, 0.25) is 0 Å². The molecule has 0 bridgehead atoms. The fraction of sp³-hybridized carbons (Fsp3) is 0.182. The van der Waals surface area contributed by atoms with Gasteiger partial charge in [0.25, 0.3) is 0 Å². The zero-order valence-electron chi connectivity index (χ0n) is 9.54. The molecule has 0 atom stereocenters. The van der Waals surface area contributed by atoms with Crippen LogP contribution in [0, 0.1) is 0 Å². The number of aromatic amines is 1. The molecule has 0 aliphatic rings. The van der Waals surface area contributed by atoms with Gasteiger partial charge in [-0.2, -0.15) is 0 Å². The lowest BCUT2D eigenvalue weighted by molar-refractivity contribution is 0.476. The van der Waals surface area contributed by atoms with E-state index in [9.17, 15) is 5.11 Å². The Kier molecular flexibility index (Phi) is 2.45. The summed E-state index contributed by atoms with van der Waals surface area (Å²) in [4.78, 5) is 7.52. The van der Waals surface area contributed by atoms with Gasteiger partial charge < -0.3 is 15.8 Å². The van der Waals surface area contributed by atoms with Crippen LogP contribution in [0.5, 0.6) is 5.75 Å². The lowest BCUT2D eigenvalue weighted by Gasteiger charge is -1.94. The second-order valence-corrected chi connectivity index (χ2v) is 4.00. The van der Waals surface area contributed by atoms with E-state index < -0.39 is 0 Å². The summed E-state index contributed by atoms with van der Waals surface area (Å²) in [6, 6.07) is 5.00. The first-order chi connectivity index (χ1) is 8.74. The Balaban J connectivity index is 1.90. The summed E-state index contributed by atoms with van der Waals surface area (Å²) in [5.74, 6) is 0.966. The van der Waals surface area contributed by atoms with Crippen LogP contribution >= 0.6 is 0 Å². The van der Waals surface area contributed by atoms with Gasteiger partial charge in [0, 0.05) is 12.6 Å². The maximum atomic E-state index is 9.38. The number of H-pyrrole nitrogens is 1. The van der Waals surface area contributed by atoms with Gasteiger partial charge in [-0.1, -0.05) is 5.21 Å². The van der Waals surface area contributed by atoms with Gasteiger partial charge >= 0.3 is 0 Å². The highest BCUT2D eigenvalue weighted by Crippen LogP contribution is 2.17. The van der Waals surface area contributed by atoms with Gasteiger partial charge in [0.1, 0.15) is 18.1 Å². The van der Waals surface area contributed by atoms with Crippen molar-refractivity contribution in [3.8, 4) is 5.75 Å². The molecule has 2 heterocycles. The van der Waals surface area contributed by atoms with Gasteiger partial charge in [0.05, 0.1) is 22.9 Å². The number of aromatic hydroxyl groups is 1. The summed E-state index contributed by atoms with van der Waals surface area (Å²) in [6.45, 7) is 0.858.